The molecule has 2 rings (SSSR count). The first-order valence-corrected chi connectivity index (χ1v) is 9.60. The molecule has 0 saturated carbocycles. The number of nitrogens with zero attached hydrogens (tertiary/aromatic N) is 2. The average molecular weight is 430 g/mol. The van der Waals surface area contributed by atoms with E-state index in [4.69, 9.17) is 23.2 Å². The Morgan fingerprint density at radius 3 is 2.38 bits per heavy atom. The van der Waals surface area contributed by atoms with E-state index in [2.05, 4.69) is 20.9 Å². The minimum atomic E-state index is -3.79. The fourth-order valence-electron chi connectivity index (χ4n) is 1.73. The molecule has 0 fully saturated rings. The van der Waals surface area contributed by atoms with Crippen LogP contribution in [-0.2, 0) is 16.6 Å². The normalized spacial score (nSPS) is 12.1. The molecule has 0 saturated heterocycles. The number of halogens is 3. The van der Waals surface area contributed by atoms with Gasteiger partial charge in [0.25, 0.3) is 0 Å². The molecule has 0 amide bonds. The Labute approximate surface area is 145 Å². The first kappa shape index (κ1) is 17.2. The van der Waals surface area contributed by atoms with E-state index in [1.165, 1.54) is 34.8 Å². The van der Waals surface area contributed by atoms with Crippen LogP contribution >= 0.6 is 50.5 Å². The summed E-state index contributed by atoms with van der Waals surface area (Å²) in [5.74, 6) is 0. The average Bonchev–Trinajstić information content (AvgIpc) is 2.72. The van der Waals surface area contributed by atoms with E-state index in [-0.39, 0.29) is 21.5 Å². The number of benzene rings is 1. The van der Waals surface area contributed by atoms with Crippen LogP contribution in [0.25, 0.3) is 0 Å². The molecule has 0 spiro atoms. The molecular formula is C12H11BrCl2N2O2S2. The van der Waals surface area contributed by atoms with Gasteiger partial charge in [-0.05, 0) is 19.1 Å². The van der Waals surface area contributed by atoms with Gasteiger partial charge in [-0.15, -0.1) is 11.3 Å². The highest BCUT2D eigenvalue weighted by atomic mass is 79.9. The minimum absolute atomic E-state index is 0.0793. The summed E-state index contributed by atoms with van der Waals surface area (Å²) in [6.07, 6.45) is 0. The monoisotopic (exact) mass is 428 g/mol. The van der Waals surface area contributed by atoms with E-state index in [0.717, 1.165) is 5.01 Å². The van der Waals surface area contributed by atoms with Gasteiger partial charge in [-0.2, -0.15) is 4.31 Å². The topological polar surface area (TPSA) is 50.3 Å². The van der Waals surface area contributed by atoms with Crippen LogP contribution in [0, 0.1) is 6.92 Å². The molecule has 0 atom stereocenters. The molecule has 0 aliphatic rings. The van der Waals surface area contributed by atoms with Crippen LogP contribution in [-0.4, -0.2) is 24.8 Å². The zero-order chi connectivity index (χ0) is 15.8. The largest absolute Gasteiger partial charge is 0.246 e. The zero-order valence-electron chi connectivity index (χ0n) is 11.1. The number of hydrogen-bond donors (Lipinski definition) is 0. The van der Waals surface area contributed by atoms with Crippen molar-refractivity contribution >= 4 is 60.5 Å². The summed E-state index contributed by atoms with van der Waals surface area (Å²) in [5, 5.41) is 2.87. The zero-order valence-corrected chi connectivity index (χ0v) is 15.8. The molecule has 9 heteroatoms. The summed E-state index contributed by atoms with van der Waals surface area (Å²) < 4.78 is 27.0. The molecule has 0 unspecified atom stereocenters. The summed E-state index contributed by atoms with van der Waals surface area (Å²) in [4.78, 5) is 4.16. The third-order valence-corrected chi connectivity index (χ3v) is 6.69. The molecule has 0 bridgehead atoms. The Morgan fingerprint density at radius 2 is 1.90 bits per heavy atom. The summed E-state index contributed by atoms with van der Waals surface area (Å²) >= 11 is 16.8. The maximum atomic E-state index is 12.6. The Bertz CT molecular complexity index is 754. The van der Waals surface area contributed by atoms with Crippen LogP contribution in [0.3, 0.4) is 0 Å². The first-order valence-electron chi connectivity index (χ1n) is 5.73. The van der Waals surface area contributed by atoms with Crippen molar-refractivity contribution in [3.05, 3.63) is 42.7 Å². The quantitative estimate of drug-likeness (QED) is 0.726. The van der Waals surface area contributed by atoms with E-state index in [0.29, 0.717) is 10.2 Å². The Hall–Kier alpha value is -0.180. The van der Waals surface area contributed by atoms with Gasteiger partial charge in [-0.1, -0.05) is 39.1 Å². The second-order valence-electron chi connectivity index (χ2n) is 4.32. The molecule has 21 heavy (non-hydrogen) atoms. The SMILES string of the molecule is Cc1nc(CN(C)S(=O)(=O)c2c(Cl)cc(Br)cc2Cl)cs1. The first-order chi connectivity index (χ1) is 9.71. The molecule has 1 heterocycles. The molecule has 0 radical (unpaired) electrons. The highest BCUT2D eigenvalue weighted by molar-refractivity contribution is 9.10. The summed E-state index contributed by atoms with van der Waals surface area (Å²) in [5.41, 5.74) is 0.688. The Morgan fingerprint density at radius 1 is 1.33 bits per heavy atom. The highest BCUT2D eigenvalue weighted by Gasteiger charge is 2.27. The predicted molar refractivity (Wildman–Crippen MR) is 89.7 cm³/mol. The van der Waals surface area contributed by atoms with Gasteiger partial charge in [0.2, 0.25) is 10.0 Å². The van der Waals surface area contributed by atoms with Gasteiger partial charge in [0.05, 0.1) is 27.3 Å². The Balaban J connectivity index is 2.38. The number of aromatic nitrogens is 1. The van der Waals surface area contributed by atoms with Crippen LogP contribution in [0.2, 0.25) is 10.0 Å². The summed E-state index contributed by atoms with van der Waals surface area (Å²) in [7, 11) is -2.32. The van der Waals surface area contributed by atoms with Gasteiger partial charge in [-0.3, -0.25) is 0 Å². The van der Waals surface area contributed by atoms with Gasteiger partial charge in [0.15, 0.2) is 0 Å². The van der Waals surface area contributed by atoms with E-state index in [1.807, 2.05) is 12.3 Å². The molecular weight excluding hydrogens is 419 g/mol. The van der Waals surface area contributed by atoms with Crippen LogP contribution in [0.1, 0.15) is 10.7 Å². The van der Waals surface area contributed by atoms with E-state index in [1.54, 1.807) is 0 Å². The molecule has 0 N–H and O–H groups in total. The predicted octanol–water partition coefficient (Wildman–Crippen LogP) is 4.34. The van der Waals surface area contributed by atoms with Gasteiger partial charge in [0, 0.05) is 16.9 Å². The van der Waals surface area contributed by atoms with E-state index < -0.39 is 10.0 Å². The lowest BCUT2D eigenvalue weighted by molar-refractivity contribution is 0.463. The van der Waals surface area contributed by atoms with Crippen molar-refractivity contribution in [3.63, 3.8) is 0 Å². The van der Waals surface area contributed by atoms with E-state index in [9.17, 15) is 8.42 Å². The van der Waals surface area contributed by atoms with Crippen molar-refractivity contribution < 1.29 is 8.42 Å². The van der Waals surface area contributed by atoms with Gasteiger partial charge in [-0.25, -0.2) is 13.4 Å². The fraction of sp³-hybridized carbons (Fsp3) is 0.250. The standard InChI is InChI=1S/C12H11BrCl2N2O2S2/c1-7-16-9(6-20-7)5-17(2)21(18,19)12-10(14)3-8(13)4-11(12)15/h3-4,6H,5H2,1-2H3. The van der Waals surface area contributed by atoms with Crippen LogP contribution < -0.4 is 0 Å². The van der Waals surface area contributed by atoms with Gasteiger partial charge < -0.3 is 0 Å². The molecule has 1 aromatic heterocycles. The van der Waals surface area contributed by atoms with E-state index >= 15 is 0 Å². The van der Waals surface area contributed by atoms with Crippen molar-refractivity contribution in [2.75, 3.05) is 7.05 Å². The smallest absolute Gasteiger partial charge is 0.245 e. The lowest BCUT2D eigenvalue weighted by Crippen LogP contribution is -2.27. The maximum absolute atomic E-state index is 12.6. The van der Waals surface area contributed by atoms with Crippen LogP contribution in [0.5, 0.6) is 0 Å². The summed E-state index contributed by atoms with van der Waals surface area (Å²) in [6, 6.07) is 3.00. The molecule has 4 nitrogen and oxygen atoms in total. The minimum Gasteiger partial charge on any atom is -0.245 e. The molecule has 1 aromatic carbocycles. The third-order valence-electron chi connectivity index (χ3n) is 2.68. The number of rotatable bonds is 4. The van der Waals surface area contributed by atoms with Crippen molar-refractivity contribution in [2.45, 2.75) is 18.4 Å². The molecule has 114 valence electrons. The van der Waals surface area contributed by atoms with Crippen molar-refractivity contribution in [2.24, 2.45) is 0 Å². The highest BCUT2D eigenvalue weighted by Crippen LogP contribution is 2.34. The van der Waals surface area contributed by atoms with Gasteiger partial charge in [0.1, 0.15) is 4.90 Å². The number of thiazole rings is 1. The fourth-order valence-corrected chi connectivity index (χ4v) is 5.35. The number of hydrogen-bond acceptors (Lipinski definition) is 4. The van der Waals surface area contributed by atoms with Crippen molar-refractivity contribution in [1.82, 2.24) is 9.29 Å². The maximum Gasteiger partial charge on any atom is 0.246 e. The van der Waals surface area contributed by atoms with Crippen LogP contribution in [0.4, 0.5) is 0 Å². The second kappa shape index (κ2) is 6.52. The molecule has 0 aliphatic carbocycles. The van der Waals surface area contributed by atoms with Crippen molar-refractivity contribution in [3.8, 4) is 0 Å². The second-order valence-corrected chi connectivity index (χ2v) is 9.09. The van der Waals surface area contributed by atoms with Crippen LogP contribution in [0.15, 0.2) is 26.9 Å². The molecule has 2 aromatic rings. The summed E-state index contributed by atoms with van der Waals surface area (Å²) in [6.45, 7) is 2.03. The lowest BCUT2D eigenvalue weighted by Gasteiger charge is -2.18. The lowest BCUT2D eigenvalue weighted by atomic mass is 10.4. The third kappa shape index (κ3) is 3.78. The number of aryl methyl sites for hydroxylation is 1. The van der Waals surface area contributed by atoms with Gasteiger partial charge >= 0.3 is 0 Å². The van der Waals surface area contributed by atoms with Crippen molar-refractivity contribution in [1.29, 1.82) is 0 Å². The molecule has 0 aliphatic heterocycles. The number of sulfonamides is 1. The Kier molecular flexibility index (Phi) is 5.33.